The number of amides is 1. The number of thiophene rings is 1. The standard InChI is InChI=1S/C17H21NO4S/c1-9-8-23-15-13(20)6-12-11(14(9)15)5-10(19)7-18(12)16(21)22-17(2,3)4/h6,8,10,19-20H,5,7H2,1-4H3/t10-/m1/s1. The van der Waals surface area contributed by atoms with Crippen molar-refractivity contribution in [2.45, 2.75) is 45.8 Å². The summed E-state index contributed by atoms with van der Waals surface area (Å²) >= 11 is 1.47. The van der Waals surface area contributed by atoms with Crippen LogP contribution in [0.2, 0.25) is 0 Å². The molecule has 1 aliphatic heterocycles. The van der Waals surface area contributed by atoms with Crippen molar-refractivity contribution in [3.8, 4) is 5.75 Å². The average molecular weight is 335 g/mol. The fourth-order valence-electron chi connectivity index (χ4n) is 2.96. The summed E-state index contributed by atoms with van der Waals surface area (Å²) in [6, 6.07) is 1.60. The molecule has 0 bridgehead atoms. The van der Waals surface area contributed by atoms with Crippen molar-refractivity contribution in [2.75, 3.05) is 11.4 Å². The van der Waals surface area contributed by atoms with Crippen LogP contribution < -0.4 is 4.90 Å². The van der Waals surface area contributed by atoms with Gasteiger partial charge >= 0.3 is 6.09 Å². The molecule has 0 fully saturated rings. The summed E-state index contributed by atoms with van der Waals surface area (Å²) in [5.74, 6) is 0.154. The second-order valence-electron chi connectivity index (χ2n) is 6.97. The van der Waals surface area contributed by atoms with Gasteiger partial charge in [0, 0.05) is 17.9 Å². The second kappa shape index (κ2) is 5.39. The van der Waals surface area contributed by atoms with Crippen LogP contribution >= 0.6 is 11.3 Å². The number of carbonyl (C=O) groups excluding carboxylic acids is 1. The van der Waals surface area contributed by atoms with Crippen LogP contribution in [0, 0.1) is 6.92 Å². The zero-order valence-electron chi connectivity index (χ0n) is 13.7. The van der Waals surface area contributed by atoms with Crippen molar-refractivity contribution >= 4 is 33.2 Å². The molecule has 1 aromatic heterocycles. The van der Waals surface area contributed by atoms with Crippen molar-refractivity contribution in [2.24, 2.45) is 0 Å². The number of ether oxygens (including phenoxy) is 1. The van der Waals surface area contributed by atoms with Crippen LogP contribution in [0.3, 0.4) is 0 Å². The van der Waals surface area contributed by atoms with Gasteiger partial charge in [0.15, 0.2) is 0 Å². The molecule has 6 heteroatoms. The zero-order chi connectivity index (χ0) is 16.9. The van der Waals surface area contributed by atoms with Crippen molar-refractivity contribution in [1.29, 1.82) is 0 Å². The first-order valence-electron chi connectivity index (χ1n) is 7.58. The first-order valence-corrected chi connectivity index (χ1v) is 8.46. The molecule has 23 heavy (non-hydrogen) atoms. The Morgan fingerprint density at radius 2 is 2.13 bits per heavy atom. The Balaban J connectivity index is 2.14. The van der Waals surface area contributed by atoms with Crippen LogP contribution in [0.5, 0.6) is 5.75 Å². The smallest absolute Gasteiger partial charge is 0.414 e. The molecule has 124 valence electrons. The minimum Gasteiger partial charge on any atom is -0.506 e. The fraction of sp³-hybridized carbons (Fsp3) is 0.471. The molecule has 0 saturated heterocycles. The molecular weight excluding hydrogens is 314 g/mol. The summed E-state index contributed by atoms with van der Waals surface area (Å²) in [7, 11) is 0. The van der Waals surface area contributed by atoms with Crippen molar-refractivity contribution in [3.63, 3.8) is 0 Å². The van der Waals surface area contributed by atoms with Gasteiger partial charge in [-0.3, -0.25) is 4.90 Å². The van der Waals surface area contributed by atoms with E-state index in [1.807, 2.05) is 12.3 Å². The van der Waals surface area contributed by atoms with E-state index in [4.69, 9.17) is 4.74 Å². The molecule has 0 saturated carbocycles. The summed E-state index contributed by atoms with van der Waals surface area (Å²) < 4.78 is 6.23. The van der Waals surface area contributed by atoms with Gasteiger partial charge < -0.3 is 14.9 Å². The third-order valence-corrected chi connectivity index (χ3v) is 4.95. The van der Waals surface area contributed by atoms with Crippen LogP contribution in [0.25, 0.3) is 10.1 Å². The van der Waals surface area contributed by atoms with Gasteiger partial charge in [-0.25, -0.2) is 4.79 Å². The summed E-state index contributed by atoms with van der Waals surface area (Å²) in [6.45, 7) is 7.54. The molecule has 1 aliphatic rings. The molecule has 2 heterocycles. The quantitative estimate of drug-likeness (QED) is 0.772. The Morgan fingerprint density at radius 1 is 1.43 bits per heavy atom. The normalized spacial score (nSPS) is 18.1. The van der Waals surface area contributed by atoms with Gasteiger partial charge in [0.1, 0.15) is 11.4 Å². The van der Waals surface area contributed by atoms with E-state index >= 15 is 0 Å². The van der Waals surface area contributed by atoms with Gasteiger partial charge in [-0.05, 0) is 44.2 Å². The number of benzene rings is 1. The number of fused-ring (bicyclic) bond motifs is 3. The number of nitrogens with zero attached hydrogens (tertiary/aromatic N) is 1. The summed E-state index contributed by atoms with van der Waals surface area (Å²) in [5, 5.41) is 23.4. The molecule has 5 nitrogen and oxygen atoms in total. The number of hydrogen-bond acceptors (Lipinski definition) is 5. The molecule has 1 atom stereocenters. The monoisotopic (exact) mass is 335 g/mol. The maximum Gasteiger partial charge on any atom is 0.414 e. The Hall–Kier alpha value is -1.79. The molecule has 3 rings (SSSR count). The fourth-order valence-corrected chi connectivity index (χ4v) is 3.96. The average Bonchev–Trinajstić information content (AvgIpc) is 2.80. The van der Waals surface area contributed by atoms with E-state index in [1.54, 1.807) is 26.8 Å². The van der Waals surface area contributed by atoms with E-state index < -0.39 is 17.8 Å². The first kappa shape index (κ1) is 16.1. The van der Waals surface area contributed by atoms with Gasteiger partial charge in [0.05, 0.1) is 23.0 Å². The van der Waals surface area contributed by atoms with Crippen LogP contribution in [0.1, 0.15) is 31.9 Å². The highest BCUT2D eigenvalue weighted by Crippen LogP contribution is 2.43. The number of hydrogen-bond donors (Lipinski definition) is 2. The molecule has 2 N–H and O–H groups in total. The summed E-state index contributed by atoms with van der Waals surface area (Å²) in [5.41, 5.74) is 1.93. The van der Waals surface area contributed by atoms with Gasteiger partial charge in [-0.2, -0.15) is 0 Å². The number of β-amino-alcohol motifs (C(OH)–C–C–N with tert-alkyl or cyclic N) is 1. The van der Waals surface area contributed by atoms with Crippen molar-refractivity contribution < 1.29 is 19.7 Å². The second-order valence-corrected chi connectivity index (χ2v) is 7.84. The predicted molar refractivity (Wildman–Crippen MR) is 91.5 cm³/mol. The number of phenols is 1. The predicted octanol–water partition coefficient (Wildman–Crippen LogP) is 3.57. The van der Waals surface area contributed by atoms with E-state index in [2.05, 4.69) is 0 Å². The van der Waals surface area contributed by atoms with E-state index in [9.17, 15) is 15.0 Å². The number of rotatable bonds is 0. The number of carbonyl (C=O) groups is 1. The number of phenolic OH excluding ortho intramolecular Hbond substituents is 1. The minimum absolute atomic E-state index is 0.154. The van der Waals surface area contributed by atoms with Gasteiger partial charge in [-0.1, -0.05) is 0 Å². The Kier molecular flexibility index (Phi) is 3.77. The van der Waals surface area contributed by atoms with E-state index in [-0.39, 0.29) is 12.3 Å². The van der Waals surface area contributed by atoms with E-state index in [0.29, 0.717) is 12.1 Å². The van der Waals surface area contributed by atoms with Gasteiger partial charge in [-0.15, -0.1) is 11.3 Å². The Labute approximate surface area is 139 Å². The lowest BCUT2D eigenvalue weighted by molar-refractivity contribution is 0.0549. The number of aliphatic hydroxyl groups is 1. The summed E-state index contributed by atoms with van der Waals surface area (Å²) in [4.78, 5) is 13.9. The van der Waals surface area contributed by atoms with Crippen LogP contribution in [0.15, 0.2) is 11.4 Å². The Morgan fingerprint density at radius 3 is 2.78 bits per heavy atom. The molecule has 0 aliphatic carbocycles. The third kappa shape index (κ3) is 2.88. The lowest BCUT2D eigenvalue weighted by Crippen LogP contribution is -2.45. The van der Waals surface area contributed by atoms with E-state index in [1.165, 1.54) is 16.2 Å². The highest BCUT2D eigenvalue weighted by Gasteiger charge is 2.33. The number of aliphatic hydroxyl groups excluding tert-OH is 1. The molecule has 0 radical (unpaired) electrons. The van der Waals surface area contributed by atoms with Gasteiger partial charge in [0.2, 0.25) is 0 Å². The Bertz CT molecular complexity index is 775. The van der Waals surface area contributed by atoms with E-state index in [0.717, 1.165) is 21.2 Å². The van der Waals surface area contributed by atoms with Crippen LogP contribution in [-0.2, 0) is 11.2 Å². The highest BCUT2D eigenvalue weighted by molar-refractivity contribution is 7.17. The lowest BCUT2D eigenvalue weighted by atomic mass is 9.94. The van der Waals surface area contributed by atoms with Crippen molar-refractivity contribution in [3.05, 3.63) is 22.6 Å². The largest absolute Gasteiger partial charge is 0.506 e. The molecule has 0 unspecified atom stereocenters. The molecule has 2 aromatic rings. The van der Waals surface area contributed by atoms with Crippen molar-refractivity contribution in [1.82, 2.24) is 0 Å². The maximum absolute atomic E-state index is 12.5. The SMILES string of the molecule is Cc1csc2c(O)cc3c(c12)C[C@@H](O)CN3C(=O)OC(C)(C)C. The first-order chi connectivity index (χ1) is 10.7. The number of aryl methyl sites for hydroxylation is 1. The molecule has 1 aromatic carbocycles. The minimum atomic E-state index is -0.651. The maximum atomic E-state index is 12.5. The third-order valence-electron chi connectivity index (χ3n) is 3.83. The molecule has 1 amide bonds. The van der Waals surface area contributed by atoms with Crippen LogP contribution in [-0.4, -0.2) is 34.6 Å². The van der Waals surface area contributed by atoms with Gasteiger partial charge in [0.25, 0.3) is 0 Å². The number of aromatic hydroxyl groups is 1. The highest BCUT2D eigenvalue weighted by atomic mass is 32.1. The molecule has 0 spiro atoms. The van der Waals surface area contributed by atoms with Crippen LogP contribution in [0.4, 0.5) is 10.5 Å². The molecular formula is C17H21NO4S. The number of anilines is 1. The zero-order valence-corrected chi connectivity index (χ0v) is 14.5. The summed E-state index contributed by atoms with van der Waals surface area (Å²) in [6.07, 6.45) is -0.700. The lowest BCUT2D eigenvalue weighted by Gasteiger charge is -2.34. The topological polar surface area (TPSA) is 70.0 Å².